The molecule has 1 aromatic carbocycles. The molecule has 0 amide bonds. The van der Waals surface area contributed by atoms with Crippen molar-refractivity contribution in [2.24, 2.45) is 0 Å². The maximum absolute atomic E-state index is 15.0. The number of hydrogen-bond acceptors (Lipinski definition) is 5. The molecule has 1 atom stereocenters. The smallest absolute Gasteiger partial charge is 0.376 e. The number of H-pyrrole nitrogens is 1. The minimum Gasteiger partial charge on any atom is -0.376 e. The van der Waals surface area contributed by atoms with Crippen LogP contribution in [0.1, 0.15) is 36.9 Å². The summed E-state index contributed by atoms with van der Waals surface area (Å²) in [5.74, 6) is -1.87. The average Bonchev–Trinajstić information content (AvgIpc) is 3.42. The van der Waals surface area contributed by atoms with E-state index in [1.807, 2.05) is 0 Å². The first-order valence-electron chi connectivity index (χ1n) is 10.5. The fraction of sp³-hybridized carbons (Fsp3) is 0.550. The first-order chi connectivity index (χ1) is 15.6. The minimum absolute atomic E-state index is 0.0635. The van der Waals surface area contributed by atoms with Gasteiger partial charge in [0.25, 0.3) is 0 Å². The topological polar surface area (TPSA) is 78.5 Å². The molecule has 1 aliphatic heterocycles. The van der Waals surface area contributed by atoms with Crippen LogP contribution in [-0.4, -0.2) is 53.5 Å². The number of benzene rings is 1. The number of rotatable bonds is 6. The van der Waals surface area contributed by atoms with Crippen molar-refractivity contribution in [3.05, 3.63) is 47.5 Å². The number of fused-ring (bicyclic) bond motifs is 1. The fourth-order valence-corrected chi connectivity index (χ4v) is 5.30. The summed E-state index contributed by atoms with van der Waals surface area (Å²) in [7, 11) is -5.81. The summed E-state index contributed by atoms with van der Waals surface area (Å²) < 4.78 is 101. The highest BCUT2D eigenvalue weighted by Crippen LogP contribution is 2.37. The summed E-state index contributed by atoms with van der Waals surface area (Å²) in [4.78, 5) is 8.09. The Kier molecular flexibility index (Phi) is 6.65. The van der Waals surface area contributed by atoms with Crippen molar-refractivity contribution in [3.8, 4) is 0 Å². The molecule has 7 nitrogen and oxygen atoms in total. The maximum atomic E-state index is 15.0. The molecule has 1 aromatic heterocycles. The van der Waals surface area contributed by atoms with E-state index in [2.05, 4.69) is 9.97 Å². The second-order valence-electron chi connectivity index (χ2n) is 8.20. The molecule has 0 spiro atoms. The summed E-state index contributed by atoms with van der Waals surface area (Å²) in [6.45, 7) is -1.83. The van der Waals surface area contributed by atoms with Crippen LogP contribution < -0.4 is 4.90 Å². The van der Waals surface area contributed by atoms with Crippen LogP contribution >= 0.6 is 0 Å². The minimum atomic E-state index is -5.81. The Bertz CT molecular complexity index is 1070. The van der Waals surface area contributed by atoms with Crippen molar-refractivity contribution < 1.29 is 35.1 Å². The largest absolute Gasteiger partial charge is 0.511 e. The van der Waals surface area contributed by atoms with Gasteiger partial charge in [0.2, 0.25) is 0 Å². The molecule has 1 saturated carbocycles. The van der Waals surface area contributed by atoms with Crippen molar-refractivity contribution >= 4 is 15.7 Å². The summed E-state index contributed by atoms with van der Waals surface area (Å²) in [6, 6.07) is 0.635. The molecule has 13 heteroatoms. The molecule has 33 heavy (non-hydrogen) atoms. The third-order valence-electron chi connectivity index (χ3n) is 6.01. The Labute approximate surface area is 187 Å². The third-order valence-corrected chi connectivity index (χ3v) is 7.55. The van der Waals surface area contributed by atoms with Gasteiger partial charge < -0.3 is 14.6 Å². The van der Waals surface area contributed by atoms with Crippen molar-refractivity contribution in [2.75, 3.05) is 18.1 Å². The predicted octanol–water partition coefficient (Wildman–Crippen LogP) is 3.69. The van der Waals surface area contributed by atoms with E-state index < -0.39 is 51.9 Å². The zero-order valence-electron chi connectivity index (χ0n) is 17.5. The molecule has 0 radical (unpaired) electrons. The molecule has 0 bridgehead atoms. The lowest BCUT2D eigenvalue weighted by atomic mass is 10.1. The molecule has 1 aliphatic carbocycles. The lowest BCUT2D eigenvalue weighted by Gasteiger charge is -2.34. The number of hydrogen-bond donors (Lipinski definition) is 1. The van der Waals surface area contributed by atoms with Crippen LogP contribution in [0, 0.1) is 11.6 Å². The van der Waals surface area contributed by atoms with E-state index in [1.54, 1.807) is 0 Å². The van der Waals surface area contributed by atoms with E-state index in [0.29, 0.717) is 5.69 Å². The number of halogens is 5. The summed E-state index contributed by atoms with van der Waals surface area (Å²) in [5, 5.41) is 0. The lowest BCUT2D eigenvalue weighted by Crippen LogP contribution is -2.49. The van der Waals surface area contributed by atoms with Crippen molar-refractivity contribution in [1.29, 1.82) is 0 Å². The normalized spacial score (nSPS) is 20.8. The van der Waals surface area contributed by atoms with Crippen LogP contribution in [-0.2, 0) is 27.8 Å². The van der Waals surface area contributed by atoms with E-state index in [1.165, 1.54) is 17.4 Å². The van der Waals surface area contributed by atoms with Crippen LogP contribution in [0.4, 0.5) is 27.6 Å². The van der Waals surface area contributed by atoms with Gasteiger partial charge in [-0.25, -0.2) is 22.2 Å². The van der Waals surface area contributed by atoms with E-state index in [9.17, 15) is 26.0 Å². The van der Waals surface area contributed by atoms with Crippen molar-refractivity contribution in [3.63, 3.8) is 0 Å². The molecule has 1 N–H and O–H groups in total. The first-order valence-corrected chi connectivity index (χ1v) is 11.9. The number of nitrogens with zero attached hydrogens (tertiary/aromatic N) is 3. The fourth-order valence-electron chi connectivity index (χ4n) is 4.34. The molecule has 4 rings (SSSR count). The number of anilines is 1. The monoisotopic (exact) mass is 494 g/mol. The standard InChI is InChI=1S/C20H23F5N4O3S/c21-17-5-6-18(22)19-16(17)10-28(33(30,31)20(23,24)25)9-14(11-32-15-3-1-2-4-15)29(19)8-13-7-26-12-27-13/h5-7,12,14-15H,1-4,8-11H2,(H,26,27)/t14-/m0/s1. The highest BCUT2D eigenvalue weighted by molar-refractivity contribution is 7.89. The van der Waals surface area contributed by atoms with E-state index >= 15 is 4.39 Å². The predicted molar refractivity (Wildman–Crippen MR) is 109 cm³/mol. The number of sulfonamides is 1. The number of imidazole rings is 1. The number of nitrogens with one attached hydrogen (secondary N) is 1. The van der Waals surface area contributed by atoms with Gasteiger partial charge in [-0.15, -0.1) is 0 Å². The van der Waals surface area contributed by atoms with Crippen LogP contribution in [0.3, 0.4) is 0 Å². The quantitative estimate of drug-likeness (QED) is 0.620. The van der Waals surface area contributed by atoms with Gasteiger partial charge in [-0.1, -0.05) is 12.8 Å². The van der Waals surface area contributed by atoms with Gasteiger partial charge in [-0.2, -0.15) is 17.5 Å². The Morgan fingerprint density at radius 1 is 1.15 bits per heavy atom. The average molecular weight is 494 g/mol. The summed E-state index contributed by atoms with van der Waals surface area (Å²) >= 11 is 0. The van der Waals surface area contributed by atoms with Gasteiger partial charge in [-0.3, -0.25) is 0 Å². The molecule has 0 unspecified atom stereocenters. The van der Waals surface area contributed by atoms with Gasteiger partial charge in [0, 0.05) is 24.8 Å². The highest BCUT2D eigenvalue weighted by atomic mass is 32.2. The zero-order valence-corrected chi connectivity index (χ0v) is 18.3. The van der Waals surface area contributed by atoms with Crippen LogP contribution in [0.2, 0.25) is 0 Å². The van der Waals surface area contributed by atoms with Gasteiger partial charge in [0.15, 0.2) is 0 Å². The number of aromatic amines is 1. The van der Waals surface area contributed by atoms with Gasteiger partial charge in [-0.05, 0) is 25.0 Å². The molecule has 2 heterocycles. The zero-order chi connectivity index (χ0) is 23.8. The SMILES string of the molecule is O=S(=O)(N1Cc2c(F)ccc(F)c2N(Cc2cnc[nH]2)[C@H](COC2CCCC2)C1)C(F)(F)F. The van der Waals surface area contributed by atoms with Crippen molar-refractivity contribution in [2.45, 2.75) is 56.4 Å². The first kappa shape index (κ1) is 23.9. The Balaban J connectivity index is 1.79. The number of aromatic nitrogens is 2. The Morgan fingerprint density at radius 2 is 1.85 bits per heavy atom. The van der Waals surface area contributed by atoms with Crippen LogP contribution in [0.15, 0.2) is 24.7 Å². The van der Waals surface area contributed by atoms with E-state index in [4.69, 9.17) is 4.74 Å². The van der Waals surface area contributed by atoms with E-state index in [-0.39, 0.29) is 29.2 Å². The maximum Gasteiger partial charge on any atom is 0.511 e. The van der Waals surface area contributed by atoms with Gasteiger partial charge >= 0.3 is 15.5 Å². The molecule has 2 aromatic rings. The number of ether oxygens (including phenoxy) is 1. The third kappa shape index (κ3) is 4.85. The molecule has 1 fully saturated rings. The second kappa shape index (κ2) is 9.18. The van der Waals surface area contributed by atoms with E-state index in [0.717, 1.165) is 37.8 Å². The molecule has 182 valence electrons. The summed E-state index contributed by atoms with van der Waals surface area (Å²) in [6.07, 6.45) is 6.15. The molecule has 0 saturated heterocycles. The summed E-state index contributed by atoms with van der Waals surface area (Å²) in [5.41, 5.74) is -5.86. The Hall–Kier alpha value is -2.25. The second-order valence-corrected chi connectivity index (χ2v) is 10.1. The molecule has 2 aliphatic rings. The highest BCUT2D eigenvalue weighted by Gasteiger charge is 2.52. The van der Waals surface area contributed by atoms with Gasteiger partial charge in [0.1, 0.15) is 11.6 Å². The number of alkyl halides is 3. The van der Waals surface area contributed by atoms with Gasteiger partial charge in [0.05, 0.1) is 43.0 Å². The van der Waals surface area contributed by atoms with Crippen LogP contribution in [0.5, 0.6) is 0 Å². The molecular formula is C20H23F5N4O3S. The Morgan fingerprint density at radius 3 is 2.48 bits per heavy atom. The lowest BCUT2D eigenvalue weighted by molar-refractivity contribution is -0.0496. The van der Waals surface area contributed by atoms with Crippen molar-refractivity contribution in [1.82, 2.24) is 14.3 Å². The molecular weight excluding hydrogens is 471 g/mol. The van der Waals surface area contributed by atoms with Crippen LogP contribution in [0.25, 0.3) is 0 Å².